The van der Waals surface area contributed by atoms with Crippen molar-refractivity contribution in [3.63, 3.8) is 0 Å². The summed E-state index contributed by atoms with van der Waals surface area (Å²) in [5.41, 5.74) is 8.10. The van der Waals surface area contributed by atoms with Crippen LogP contribution in [0.1, 0.15) is 24.0 Å². The molecule has 2 N–H and O–H groups in total. The van der Waals surface area contributed by atoms with E-state index >= 15 is 0 Å². The second-order valence-corrected chi connectivity index (χ2v) is 5.42. The fourth-order valence-corrected chi connectivity index (χ4v) is 2.76. The summed E-state index contributed by atoms with van der Waals surface area (Å²) < 4.78 is 5.14. The summed E-state index contributed by atoms with van der Waals surface area (Å²) in [6, 6.07) is 8.20. The third kappa shape index (κ3) is 3.81. The molecule has 0 radical (unpaired) electrons. The normalized spacial score (nSPS) is 16.4. The zero-order chi connectivity index (χ0) is 14.4. The van der Waals surface area contributed by atoms with Gasteiger partial charge in [0.15, 0.2) is 0 Å². The van der Waals surface area contributed by atoms with Crippen LogP contribution in [0.3, 0.4) is 0 Å². The van der Waals surface area contributed by atoms with Crippen LogP contribution in [0.2, 0.25) is 0 Å². The highest BCUT2D eigenvalue weighted by Crippen LogP contribution is 2.16. The van der Waals surface area contributed by atoms with Gasteiger partial charge in [-0.25, -0.2) is 0 Å². The molecule has 0 spiro atoms. The second kappa shape index (κ2) is 7.41. The van der Waals surface area contributed by atoms with Crippen LogP contribution in [0.5, 0.6) is 0 Å². The maximum absolute atomic E-state index is 12.4. The number of hydrogen-bond donors (Lipinski definition) is 1. The molecule has 20 heavy (non-hydrogen) atoms. The molecule has 1 unspecified atom stereocenters. The first-order valence-electron chi connectivity index (χ1n) is 7.30. The van der Waals surface area contributed by atoms with Crippen LogP contribution < -0.4 is 5.73 Å². The van der Waals surface area contributed by atoms with Crippen molar-refractivity contribution in [2.24, 2.45) is 11.7 Å². The van der Waals surface area contributed by atoms with Crippen LogP contribution in [-0.2, 0) is 22.6 Å². The first-order valence-corrected chi connectivity index (χ1v) is 7.30. The van der Waals surface area contributed by atoms with Gasteiger partial charge in [0.05, 0.1) is 12.5 Å². The van der Waals surface area contributed by atoms with Crippen molar-refractivity contribution in [3.05, 3.63) is 35.4 Å². The molecule has 1 aliphatic rings. The molecular weight excluding hydrogens is 252 g/mol. The van der Waals surface area contributed by atoms with E-state index in [9.17, 15) is 4.79 Å². The van der Waals surface area contributed by atoms with Crippen molar-refractivity contribution in [2.45, 2.75) is 25.9 Å². The molecule has 0 aromatic heterocycles. The number of hydrogen-bond acceptors (Lipinski definition) is 3. The zero-order valence-electron chi connectivity index (χ0n) is 12.2. The van der Waals surface area contributed by atoms with Gasteiger partial charge in [-0.05, 0) is 30.4 Å². The monoisotopic (exact) mass is 276 g/mol. The van der Waals surface area contributed by atoms with Gasteiger partial charge in [0.2, 0.25) is 5.91 Å². The molecule has 110 valence electrons. The molecule has 0 aliphatic carbocycles. The molecule has 1 aliphatic heterocycles. The molecule has 4 heteroatoms. The lowest BCUT2D eigenvalue weighted by Gasteiger charge is -2.22. The van der Waals surface area contributed by atoms with Gasteiger partial charge in [-0.15, -0.1) is 0 Å². The topological polar surface area (TPSA) is 55.6 Å². The number of ether oxygens (including phenoxy) is 1. The van der Waals surface area contributed by atoms with E-state index in [4.69, 9.17) is 10.5 Å². The van der Waals surface area contributed by atoms with Crippen molar-refractivity contribution in [1.29, 1.82) is 0 Å². The summed E-state index contributed by atoms with van der Waals surface area (Å²) >= 11 is 0. The Morgan fingerprint density at radius 3 is 2.70 bits per heavy atom. The molecule has 1 aromatic rings. The van der Waals surface area contributed by atoms with E-state index in [2.05, 4.69) is 12.1 Å². The predicted molar refractivity (Wildman–Crippen MR) is 79.2 cm³/mol. The maximum Gasteiger partial charge on any atom is 0.227 e. The largest absolute Gasteiger partial charge is 0.380 e. The smallest absolute Gasteiger partial charge is 0.227 e. The van der Waals surface area contributed by atoms with Crippen LogP contribution in [0, 0.1) is 5.92 Å². The Morgan fingerprint density at radius 1 is 1.35 bits per heavy atom. The summed E-state index contributed by atoms with van der Waals surface area (Å²) in [6.45, 7) is 2.78. The Labute approximate surface area is 120 Å². The van der Waals surface area contributed by atoms with Crippen molar-refractivity contribution in [2.75, 3.05) is 26.7 Å². The number of amides is 1. The van der Waals surface area contributed by atoms with E-state index in [-0.39, 0.29) is 11.8 Å². The molecule has 1 atom stereocenters. The Bertz CT molecular complexity index is 442. The number of carbonyl (C=O) groups excluding carboxylic acids is 1. The van der Waals surface area contributed by atoms with Crippen molar-refractivity contribution in [1.82, 2.24) is 4.90 Å². The molecule has 0 saturated carbocycles. The Hall–Kier alpha value is -1.39. The van der Waals surface area contributed by atoms with Gasteiger partial charge in [0, 0.05) is 26.7 Å². The zero-order valence-corrected chi connectivity index (χ0v) is 12.2. The number of nitrogens with two attached hydrogens (primary N) is 1. The lowest BCUT2D eigenvalue weighted by Crippen LogP contribution is -2.38. The lowest BCUT2D eigenvalue weighted by atomic mass is 9.97. The van der Waals surface area contributed by atoms with Crippen molar-refractivity contribution >= 4 is 5.91 Å². The fourth-order valence-electron chi connectivity index (χ4n) is 2.76. The van der Waals surface area contributed by atoms with Gasteiger partial charge in [0.25, 0.3) is 0 Å². The van der Waals surface area contributed by atoms with Gasteiger partial charge in [-0.2, -0.15) is 0 Å². The summed E-state index contributed by atoms with van der Waals surface area (Å²) in [4.78, 5) is 14.4. The minimum absolute atomic E-state index is 0.106. The molecule has 1 amide bonds. The van der Waals surface area contributed by atoms with Crippen LogP contribution >= 0.6 is 0 Å². The number of carbonyl (C=O) groups is 1. The van der Waals surface area contributed by atoms with Gasteiger partial charge < -0.3 is 15.4 Å². The highest BCUT2D eigenvalue weighted by atomic mass is 16.5. The lowest BCUT2D eigenvalue weighted by molar-refractivity contribution is -0.134. The first-order chi connectivity index (χ1) is 9.74. The Balaban J connectivity index is 2.01. The summed E-state index contributed by atoms with van der Waals surface area (Å²) in [5, 5.41) is 0. The van der Waals surface area contributed by atoms with E-state index in [0.29, 0.717) is 19.6 Å². The molecule has 1 saturated heterocycles. The van der Waals surface area contributed by atoms with Crippen molar-refractivity contribution in [3.8, 4) is 0 Å². The van der Waals surface area contributed by atoms with E-state index in [0.717, 1.165) is 37.1 Å². The predicted octanol–water partition coefficient (Wildman–Crippen LogP) is 1.57. The molecular formula is C16H24N2O2. The summed E-state index contributed by atoms with van der Waals surface area (Å²) in [6.07, 6.45) is 2.95. The highest BCUT2D eigenvalue weighted by Gasteiger charge is 2.25. The van der Waals surface area contributed by atoms with Gasteiger partial charge in [0.1, 0.15) is 0 Å². The number of nitrogens with zero attached hydrogens (tertiary/aromatic N) is 1. The molecule has 1 heterocycles. The van der Waals surface area contributed by atoms with Crippen LogP contribution in [0.4, 0.5) is 0 Å². The number of methoxy groups -OCH3 is 1. The summed E-state index contributed by atoms with van der Waals surface area (Å²) in [7, 11) is 1.69. The first kappa shape index (κ1) is 15.0. The molecule has 1 aromatic carbocycles. The molecule has 4 nitrogen and oxygen atoms in total. The minimum Gasteiger partial charge on any atom is -0.380 e. The Kier molecular flexibility index (Phi) is 5.56. The van der Waals surface area contributed by atoms with Crippen molar-refractivity contribution < 1.29 is 9.53 Å². The van der Waals surface area contributed by atoms with Crippen LogP contribution in [-0.4, -0.2) is 37.6 Å². The standard InChI is InChI=1S/C16H24N2O2/c1-20-12-14-6-4-5-13(9-14)10-15(11-17)16(19)18-7-2-3-8-18/h4-6,9,15H,2-3,7-8,10-12,17H2,1H3. The average molecular weight is 276 g/mol. The average Bonchev–Trinajstić information content (AvgIpc) is 2.99. The molecule has 0 bridgehead atoms. The van der Waals surface area contributed by atoms with E-state index in [1.165, 1.54) is 0 Å². The minimum atomic E-state index is -0.106. The second-order valence-electron chi connectivity index (χ2n) is 5.42. The van der Waals surface area contributed by atoms with Gasteiger partial charge in [-0.3, -0.25) is 4.79 Å². The molecule has 2 rings (SSSR count). The number of benzene rings is 1. The van der Waals surface area contributed by atoms with Gasteiger partial charge >= 0.3 is 0 Å². The van der Waals surface area contributed by atoms with Gasteiger partial charge in [-0.1, -0.05) is 24.3 Å². The Morgan fingerprint density at radius 2 is 2.05 bits per heavy atom. The molecule has 1 fully saturated rings. The quantitative estimate of drug-likeness (QED) is 0.858. The SMILES string of the molecule is COCc1cccc(CC(CN)C(=O)N2CCCC2)c1. The third-order valence-electron chi connectivity index (χ3n) is 3.84. The van der Waals surface area contributed by atoms with E-state index < -0.39 is 0 Å². The highest BCUT2D eigenvalue weighted by molar-refractivity contribution is 5.79. The fraction of sp³-hybridized carbons (Fsp3) is 0.562. The number of rotatable bonds is 6. The summed E-state index contributed by atoms with van der Waals surface area (Å²) in [5.74, 6) is 0.105. The van der Waals surface area contributed by atoms with E-state index in [1.54, 1.807) is 7.11 Å². The number of likely N-dealkylation sites (tertiary alicyclic amines) is 1. The van der Waals surface area contributed by atoms with E-state index in [1.807, 2.05) is 17.0 Å². The maximum atomic E-state index is 12.4. The third-order valence-corrected chi connectivity index (χ3v) is 3.84. The van der Waals surface area contributed by atoms with Crippen LogP contribution in [0.15, 0.2) is 24.3 Å². The van der Waals surface area contributed by atoms with Crippen LogP contribution in [0.25, 0.3) is 0 Å².